The lowest BCUT2D eigenvalue weighted by Gasteiger charge is -2.44. The van der Waals surface area contributed by atoms with Gasteiger partial charge in [-0.25, -0.2) is 14.0 Å². The molecule has 0 radical (unpaired) electrons. The van der Waals surface area contributed by atoms with Crippen LogP contribution in [0.3, 0.4) is 0 Å². The molecule has 0 saturated heterocycles. The van der Waals surface area contributed by atoms with Crippen LogP contribution in [0.15, 0.2) is 36.4 Å². The molecule has 10 nitrogen and oxygen atoms in total. The number of amides is 2. The molecular formula is C27H32Cl2FN3O7. The number of halogens is 3. The van der Waals surface area contributed by atoms with Gasteiger partial charge in [0.05, 0.1) is 11.1 Å². The van der Waals surface area contributed by atoms with Gasteiger partial charge in [0.15, 0.2) is 11.9 Å². The molecule has 2 aromatic rings. The first-order valence-electron chi connectivity index (χ1n) is 12.3. The molecule has 0 fully saturated rings. The zero-order valence-electron chi connectivity index (χ0n) is 22.2. The first-order valence-corrected chi connectivity index (χ1v) is 12.7. The van der Waals surface area contributed by atoms with Crippen molar-refractivity contribution in [3.63, 3.8) is 0 Å². The highest BCUT2D eigenvalue weighted by Gasteiger charge is 2.48. The monoisotopic (exact) mass is 599 g/mol. The molecule has 13 heteroatoms. The number of unbranched alkanes of at least 4 members (excludes halogenated alkanes) is 1. The minimum Gasteiger partial charge on any atom is -0.484 e. The number of ether oxygens (including phenoxy) is 2. The van der Waals surface area contributed by atoms with Crippen molar-refractivity contribution in [1.82, 2.24) is 10.6 Å². The Bertz CT molecular complexity index is 1270. The van der Waals surface area contributed by atoms with Crippen LogP contribution in [0.5, 0.6) is 5.75 Å². The number of benzene rings is 2. The lowest BCUT2D eigenvalue weighted by molar-refractivity contribution is -0.139. The van der Waals surface area contributed by atoms with Gasteiger partial charge in [0.1, 0.15) is 23.2 Å². The summed E-state index contributed by atoms with van der Waals surface area (Å²) in [5.41, 5.74) is 5.00. The normalized spacial score (nSPS) is 17.8. The molecule has 0 aliphatic carbocycles. The van der Waals surface area contributed by atoms with E-state index < -0.39 is 47.6 Å². The molecule has 40 heavy (non-hydrogen) atoms. The highest BCUT2D eigenvalue weighted by Crippen LogP contribution is 2.42. The summed E-state index contributed by atoms with van der Waals surface area (Å²) in [5, 5.41) is 14.4. The highest BCUT2D eigenvalue weighted by atomic mass is 35.5. The van der Waals surface area contributed by atoms with E-state index >= 15 is 0 Å². The summed E-state index contributed by atoms with van der Waals surface area (Å²) in [4.78, 5) is 49.9. The number of nitrogens with two attached hydrogens (primary N) is 1. The number of hydrogen-bond donors (Lipinski definition) is 4. The first kappa shape index (κ1) is 32.8. The van der Waals surface area contributed by atoms with E-state index in [1.54, 1.807) is 26.0 Å². The quantitative estimate of drug-likeness (QED) is 0.231. The maximum Gasteiger partial charge on any atom is 0.408 e. The number of carboxylic acid groups (broad SMARTS) is 1. The average molecular weight is 600 g/mol. The number of carboxylic acids is 1. The number of hydrogen-bond acceptors (Lipinski definition) is 7. The smallest absolute Gasteiger partial charge is 0.408 e. The molecular weight excluding hydrogens is 568 g/mol. The number of nitrogens with one attached hydrogen (secondary N) is 2. The number of ketones is 1. The summed E-state index contributed by atoms with van der Waals surface area (Å²) in [6.45, 7) is 5.03. The van der Waals surface area contributed by atoms with E-state index in [1.807, 2.05) is 0 Å². The van der Waals surface area contributed by atoms with Crippen LogP contribution in [-0.2, 0) is 9.53 Å². The van der Waals surface area contributed by atoms with Crippen LogP contribution < -0.4 is 21.1 Å². The fourth-order valence-corrected chi connectivity index (χ4v) is 4.46. The van der Waals surface area contributed by atoms with Crippen LogP contribution >= 0.6 is 24.0 Å². The Morgan fingerprint density at radius 3 is 2.42 bits per heavy atom. The number of aliphatic carboxylic acids is 1. The van der Waals surface area contributed by atoms with Crippen molar-refractivity contribution < 1.29 is 38.1 Å². The van der Waals surface area contributed by atoms with Crippen molar-refractivity contribution in [2.75, 3.05) is 6.54 Å². The summed E-state index contributed by atoms with van der Waals surface area (Å²) < 4.78 is 25.5. The van der Waals surface area contributed by atoms with Gasteiger partial charge >= 0.3 is 12.1 Å². The van der Waals surface area contributed by atoms with Gasteiger partial charge in [-0.3, -0.25) is 9.59 Å². The van der Waals surface area contributed by atoms with Crippen LogP contribution in [0.4, 0.5) is 9.18 Å². The second-order valence-electron chi connectivity index (χ2n) is 9.74. The van der Waals surface area contributed by atoms with Gasteiger partial charge in [-0.1, -0.05) is 11.6 Å². The van der Waals surface area contributed by atoms with Gasteiger partial charge in [-0.05, 0) is 83.0 Å². The fraction of sp³-hybridized carbons (Fsp3) is 0.407. The second kappa shape index (κ2) is 13.8. The Kier molecular flexibility index (Phi) is 11.3. The third-order valence-corrected chi connectivity index (χ3v) is 6.64. The molecule has 5 N–H and O–H groups in total. The highest BCUT2D eigenvalue weighted by molar-refractivity contribution is 6.31. The molecule has 218 valence electrons. The second-order valence-corrected chi connectivity index (χ2v) is 10.1. The maximum absolute atomic E-state index is 13.7. The number of carbonyl (C=O) groups is 4. The molecule has 1 aliphatic heterocycles. The molecule has 0 aromatic heterocycles. The Labute approximate surface area is 242 Å². The van der Waals surface area contributed by atoms with Crippen LogP contribution in [0.25, 0.3) is 0 Å². The minimum absolute atomic E-state index is 0. The lowest BCUT2D eigenvalue weighted by atomic mass is 9.85. The van der Waals surface area contributed by atoms with E-state index in [2.05, 4.69) is 10.6 Å². The molecule has 0 saturated carbocycles. The van der Waals surface area contributed by atoms with Gasteiger partial charge < -0.3 is 30.9 Å². The zero-order chi connectivity index (χ0) is 28.9. The molecule has 2 amide bonds. The number of alkyl carbamates (subject to hydrolysis) is 1. The number of rotatable bonds is 10. The van der Waals surface area contributed by atoms with Crippen molar-refractivity contribution in [2.45, 2.75) is 63.8 Å². The predicted molar refractivity (Wildman–Crippen MR) is 148 cm³/mol. The summed E-state index contributed by atoms with van der Waals surface area (Å²) in [6.07, 6.45) is -1.01. The molecule has 1 heterocycles. The minimum atomic E-state index is -1.24. The molecule has 2 aromatic carbocycles. The van der Waals surface area contributed by atoms with E-state index in [-0.39, 0.29) is 35.2 Å². The molecule has 1 aliphatic rings. The molecule has 0 bridgehead atoms. The average Bonchev–Trinajstić information content (AvgIpc) is 2.86. The van der Waals surface area contributed by atoms with Crippen molar-refractivity contribution in [1.29, 1.82) is 0 Å². The maximum atomic E-state index is 13.7. The predicted octanol–water partition coefficient (Wildman–Crippen LogP) is 4.42. The van der Waals surface area contributed by atoms with E-state index in [1.165, 1.54) is 19.1 Å². The van der Waals surface area contributed by atoms with Gasteiger partial charge in [0.2, 0.25) is 0 Å². The van der Waals surface area contributed by atoms with E-state index in [4.69, 9.17) is 26.8 Å². The molecule has 3 atom stereocenters. The lowest BCUT2D eigenvalue weighted by Crippen LogP contribution is -2.57. The molecule has 0 unspecified atom stereocenters. The fourth-order valence-electron chi connectivity index (χ4n) is 4.28. The first-order chi connectivity index (χ1) is 18.3. The van der Waals surface area contributed by atoms with Crippen LogP contribution in [0, 0.1) is 5.82 Å². The van der Waals surface area contributed by atoms with E-state index in [0.29, 0.717) is 36.3 Å². The van der Waals surface area contributed by atoms with Crippen molar-refractivity contribution in [3.8, 4) is 5.75 Å². The Morgan fingerprint density at radius 1 is 1.15 bits per heavy atom. The summed E-state index contributed by atoms with van der Waals surface area (Å²) in [6, 6.07) is 5.87. The van der Waals surface area contributed by atoms with Crippen LogP contribution in [0.2, 0.25) is 5.02 Å². The summed E-state index contributed by atoms with van der Waals surface area (Å²) in [5.74, 6) is -2.49. The molecule has 3 rings (SSSR count). The van der Waals surface area contributed by atoms with Gasteiger partial charge in [0, 0.05) is 16.7 Å². The van der Waals surface area contributed by atoms with E-state index in [0.717, 1.165) is 12.1 Å². The third kappa shape index (κ3) is 7.83. The van der Waals surface area contributed by atoms with Crippen molar-refractivity contribution in [2.24, 2.45) is 5.73 Å². The van der Waals surface area contributed by atoms with Crippen molar-refractivity contribution >= 4 is 47.8 Å². The largest absolute Gasteiger partial charge is 0.484 e. The standard InChI is InChI=1S/C27H31ClFN3O7.ClH/c1-14(33)15-8-10-21-17(12-15)22(32-24(34)16-7-9-19(29)18(28)13-16)23(27(2,3)39-21)38-26(37)31-20(25(35)36)6-4-5-11-30;/h7-10,12-13,20,22-23H,4-6,11,30H2,1-3H3,(H,31,37)(H,32,34)(H,35,36);1H/t20-,22-,23-;/m0./s1. The topological polar surface area (TPSA) is 157 Å². The Hall–Kier alpha value is -3.41. The van der Waals surface area contributed by atoms with Gasteiger partial charge in [-0.15, -0.1) is 12.4 Å². The Morgan fingerprint density at radius 2 is 1.82 bits per heavy atom. The number of fused-ring (bicyclic) bond motifs is 1. The number of carbonyl (C=O) groups excluding carboxylic acids is 3. The summed E-state index contributed by atoms with van der Waals surface area (Å²) in [7, 11) is 0. The van der Waals surface area contributed by atoms with Gasteiger partial charge in [-0.2, -0.15) is 0 Å². The van der Waals surface area contributed by atoms with Gasteiger partial charge in [0.25, 0.3) is 5.91 Å². The van der Waals surface area contributed by atoms with Crippen molar-refractivity contribution in [3.05, 3.63) is 63.9 Å². The van der Waals surface area contributed by atoms with E-state index in [9.17, 15) is 28.7 Å². The third-order valence-electron chi connectivity index (χ3n) is 6.35. The Balaban J connectivity index is 0.00000560. The summed E-state index contributed by atoms with van der Waals surface area (Å²) >= 11 is 5.85. The SMILES string of the molecule is CC(=O)c1ccc2c(c1)[C@H](NC(=O)c1ccc(F)c(Cl)c1)[C@H](OC(=O)N[C@@H](CCCCN)C(=O)O)C(C)(C)O2.Cl. The van der Waals surface area contributed by atoms with Crippen LogP contribution in [-0.4, -0.2) is 53.2 Å². The molecule has 0 spiro atoms. The zero-order valence-corrected chi connectivity index (χ0v) is 23.7. The van der Waals surface area contributed by atoms with Crippen LogP contribution in [0.1, 0.15) is 72.4 Å². The number of Topliss-reactive ketones (excluding diaryl/α,β-unsaturated/α-hetero) is 1.